The second-order valence-electron chi connectivity index (χ2n) is 6.80. The molecule has 0 aliphatic carbocycles. The van der Waals surface area contributed by atoms with Gasteiger partial charge in [-0.3, -0.25) is 10.2 Å². The van der Waals surface area contributed by atoms with Crippen molar-refractivity contribution >= 4 is 29.2 Å². The molecule has 1 atom stereocenters. The van der Waals surface area contributed by atoms with E-state index in [1.54, 1.807) is 30.3 Å². The van der Waals surface area contributed by atoms with Crippen LogP contribution in [0.2, 0.25) is 0 Å². The van der Waals surface area contributed by atoms with E-state index < -0.39 is 29.7 Å². The fourth-order valence-electron chi connectivity index (χ4n) is 3.11. The summed E-state index contributed by atoms with van der Waals surface area (Å²) in [6, 6.07) is 17.3. The van der Waals surface area contributed by atoms with E-state index in [1.807, 2.05) is 0 Å². The summed E-state index contributed by atoms with van der Waals surface area (Å²) in [5.74, 6) is -1.87. The summed E-state index contributed by atoms with van der Waals surface area (Å²) in [6.07, 6.45) is -1.35. The quantitative estimate of drug-likeness (QED) is 0.434. The predicted molar refractivity (Wildman–Crippen MR) is 117 cm³/mol. The lowest BCUT2D eigenvalue weighted by molar-refractivity contribution is -0.117. The highest BCUT2D eigenvalue weighted by Gasteiger charge is 2.26. The van der Waals surface area contributed by atoms with E-state index in [2.05, 4.69) is 15.3 Å². The number of carbonyl (C=O) groups is 1. The molecule has 3 aromatic carbocycles. The van der Waals surface area contributed by atoms with Crippen molar-refractivity contribution in [2.24, 2.45) is 15.7 Å². The van der Waals surface area contributed by atoms with E-state index in [-0.39, 0.29) is 11.5 Å². The lowest BCUT2D eigenvalue weighted by atomic mass is 10.0. The summed E-state index contributed by atoms with van der Waals surface area (Å²) in [6.45, 7) is 0. The first-order valence-corrected chi connectivity index (χ1v) is 9.50. The van der Waals surface area contributed by atoms with Crippen molar-refractivity contribution in [2.75, 3.05) is 5.32 Å². The number of amidine groups is 1. The van der Waals surface area contributed by atoms with E-state index in [1.165, 1.54) is 42.5 Å². The second kappa shape index (κ2) is 8.76. The van der Waals surface area contributed by atoms with E-state index in [0.717, 1.165) is 0 Å². The van der Waals surface area contributed by atoms with Gasteiger partial charge in [-0.25, -0.2) is 13.8 Å². The number of fused-ring (bicyclic) bond motifs is 1. The zero-order valence-corrected chi connectivity index (χ0v) is 16.5. The standard InChI is InChI=1S/C23H17F2N5O2/c24-15-10-8-13(9-11-15)20(26)32-23(27)30-21-22(31)28-18-7-2-1-6-17(18)19(29-21)14-4-3-5-16(25)12-14/h1-12,21,26H,(H2,27,30)(H,28,31). The number of hydrogen-bond acceptors (Lipinski definition) is 5. The van der Waals surface area contributed by atoms with Gasteiger partial charge in [-0.05, 0) is 42.5 Å². The Labute approximate surface area is 181 Å². The first-order valence-electron chi connectivity index (χ1n) is 9.50. The van der Waals surface area contributed by atoms with Crippen molar-refractivity contribution < 1.29 is 18.3 Å². The zero-order valence-electron chi connectivity index (χ0n) is 16.5. The largest absolute Gasteiger partial charge is 0.407 e. The lowest BCUT2D eigenvalue weighted by Gasteiger charge is -2.10. The predicted octanol–water partition coefficient (Wildman–Crippen LogP) is 3.44. The van der Waals surface area contributed by atoms with Crippen LogP contribution in [-0.4, -0.2) is 29.7 Å². The Balaban J connectivity index is 1.68. The van der Waals surface area contributed by atoms with Gasteiger partial charge in [-0.2, -0.15) is 4.99 Å². The van der Waals surface area contributed by atoms with Gasteiger partial charge < -0.3 is 15.8 Å². The molecule has 0 saturated heterocycles. The number of para-hydroxylation sites is 1. The molecule has 32 heavy (non-hydrogen) atoms. The summed E-state index contributed by atoms with van der Waals surface area (Å²) in [5, 5.41) is 10.7. The molecule has 0 radical (unpaired) electrons. The fourth-order valence-corrected chi connectivity index (χ4v) is 3.11. The molecular weight excluding hydrogens is 416 g/mol. The van der Waals surface area contributed by atoms with E-state index in [0.29, 0.717) is 22.5 Å². The van der Waals surface area contributed by atoms with Crippen LogP contribution in [0.4, 0.5) is 14.5 Å². The minimum Gasteiger partial charge on any atom is -0.407 e. The Morgan fingerprint density at radius 3 is 2.53 bits per heavy atom. The van der Waals surface area contributed by atoms with Crippen molar-refractivity contribution in [2.45, 2.75) is 6.17 Å². The van der Waals surface area contributed by atoms with Crippen molar-refractivity contribution in [1.29, 1.82) is 5.41 Å². The number of aliphatic imine (C=N–C) groups is 2. The molecule has 1 aliphatic heterocycles. The molecular formula is C23H17F2N5O2. The molecule has 1 unspecified atom stereocenters. The SMILES string of the molecule is N=C(OC(N)=NC1N=C(c2cccc(F)c2)c2ccccc2NC1=O)c1ccc(F)cc1. The molecule has 160 valence electrons. The maximum atomic E-state index is 13.9. The van der Waals surface area contributed by atoms with Gasteiger partial charge in [0.05, 0.1) is 11.4 Å². The minimum absolute atomic E-state index is 0.270. The van der Waals surface area contributed by atoms with Crippen molar-refractivity contribution in [1.82, 2.24) is 0 Å². The molecule has 1 amide bonds. The van der Waals surface area contributed by atoms with Gasteiger partial charge in [0.15, 0.2) is 0 Å². The van der Waals surface area contributed by atoms with Crippen LogP contribution in [0, 0.1) is 17.0 Å². The van der Waals surface area contributed by atoms with Crippen LogP contribution < -0.4 is 11.1 Å². The molecule has 1 heterocycles. The molecule has 9 heteroatoms. The van der Waals surface area contributed by atoms with Crippen LogP contribution >= 0.6 is 0 Å². The average molecular weight is 433 g/mol. The number of anilines is 1. The number of nitrogens with two attached hydrogens (primary N) is 1. The Bertz CT molecular complexity index is 1260. The third kappa shape index (κ3) is 4.51. The molecule has 3 aromatic rings. The molecule has 1 aliphatic rings. The summed E-state index contributed by atoms with van der Waals surface area (Å²) < 4.78 is 32.1. The monoisotopic (exact) mass is 433 g/mol. The van der Waals surface area contributed by atoms with E-state index in [9.17, 15) is 13.6 Å². The number of benzodiazepines with no additional fused rings is 1. The molecule has 0 saturated carbocycles. The topological polar surface area (TPSA) is 113 Å². The summed E-state index contributed by atoms with van der Waals surface area (Å²) in [4.78, 5) is 21.2. The van der Waals surface area contributed by atoms with Crippen molar-refractivity contribution in [3.63, 3.8) is 0 Å². The van der Waals surface area contributed by atoms with Gasteiger partial charge in [-0.15, -0.1) is 0 Å². The summed E-state index contributed by atoms with van der Waals surface area (Å²) in [5.41, 5.74) is 7.93. The van der Waals surface area contributed by atoms with Crippen LogP contribution in [0.15, 0.2) is 82.8 Å². The summed E-state index contributed by atoms with van der Waals surface area (Å²) >= 11 is 0. The number of ether oxygens (including phenoxy) is 1. The molecule has 0 bridgehead atoms. The fraction of sp³-hybridized carbons (Fsp3) is 0.0435. The number of hydrogen-bond donors (Lipinski definition) is 3. The molecule has 0 aromatic heterocycles. The highest BCUT2D eigenvalue weighted by atomic mass is 19.1. The molecule has 4 N–H and O–H groups in total. The van der Waals surface area contributed by atoms with Crippen LogP contribution in [0.3, 0.4) is 0 Å². The number of rotatable bonds is 3. The normalized spacial score (nSPS) is 15.8. The third-order valence-electron chi connectivity index (χ3n) is 4.59. The van der Waals surface area contributed by atoms with Crippen LogP contribution in [0.1, 0.15) is 16.7 Å². The Hall–Kier alpha value is -4.40. The maximum absolute atomic E-state index is 13.9. The van der Waals surface area contributed by atoms with Crippen LogP contribution in [0.25, 0.3) is 0 Å². The Morgan fingerprint density at radius 2 is 1.78 bits per heavy atom. The number of nitrogens with zero attached hydrogens (tertiary/aromatic N) is 2. The first-order chi connectivity index (χ1) is 15.4. The van der Waals surface area contributed by atoms with Gasteiger partial charge in [0, 0.05) is 16.7 Å². The number of halogens is 2. The maximum Gasteiger partial charge on any atom is 0.291 e. The number of benzene rings is 3. The highest BCUT2D eigenvalue weighted by molar-refractivity contribution is 6.19. The zero-order chi connectivity index (χ0) is 22.7. The smallest absolute Gasteiger partial charge is 0.291 e. The van der Waals surface area contributed by atoms with Crippen molar-refractivity contribution in [3.05, 3.63) is 101 Å². The van der Waals surface area contributed by atoms with Crippen LogP contribution in [0.5, 0.6) is 0 Å². The number of nitrogens with one attached hydrogen (secondary N) is 2. The first kappa shape index (κ1) is 20.9. The lowest BCUT2D eigenvalue weighted by Crippen LogP contribution is -2.29. The average Bonchev–Trinajstić information content (AvgIpc) is 2.90. The van der Waals surface area contributed by atoms with Crippen LogP contribution in [-0.2, 0) is 9.53 Å². The Morgan fingerprint density at radius 1 is 1.03 bits per heavy atom. The molecule has 4 rings (SSSR count). The van der Waals surface area contributed by atoms with Gasteiger partial charge in [0.25, 0.3) is 11.9 Å². The van der Waals surface area contributed by atoms with E-state index >= 15 is 0 Å². The number of amides is 1. The molecule has 0 fully saturated rings. The highest BCUT2D eigenvalue weighted by Crippen LogP contribution is 2.24. The third-order valence-corrected chi connectivity index (χ3v) is 4.59. The van der Waals surface area contributed by atoms with Gasteiger partial charge in [0.2, 0.25) is 12.1 Å². The Kier molecular flexibility index (Phi) is 5.71. The van der Waals surface area contributed by atoms with Gasteiger partial charge >= 0.3 is 0 Å². The van der Waals surface area contributed by atoms with E-state index in [4.69, 9.17) is 15.9 Å². The molecule has 7 nitrogen and oxygen atoms in total. The second-order valence-corrected chi connectivity index (χ2v) is 6.80. The minimum atomic E-state index is -1.35. The van der Waals surface area contributed by atoms with Crippen molar-refractivity contribution in [3.8, 4) is 0 Å². The number of carbonyl (C=O) groups excluding carboxylic acids is 1. The summed E-state index contributed by atoms with van der Waals surface area (Å²) in [7, 11) is 0. The molecule has 0 spiro atoms. The van der Waals surface area contributed by atoms with Gasteiger partial charge in [-0.1, -0.05) is 30.3 Å². The van der Waals surface area contributed by atoms with Gasteiger partial charge in [0.1, 0.15) is 11.6 Å².